The van der Waals surface area contributed by atoms with E-state index >= 15 is 0 Å². The summed E-state index contributed by atoms with van der Waals surface area (Å²) in [6.45, 7) is 3.81. The van der Waals surface area contributed by atoms with Gasteiger partial charge in [0.25, 0.3) is 5.78 Å². The molecule has 4 aromatic rings. The lowest BCUT2D eigenvalue weighted by Gasteiger charge is -2.10. The Morgan fingerprint density at radius 1 is 1.21 bits per heavy atom. The molecule has 0 radical (unpaired) electrons. The summed E-state index contributed by atoms with van der Waals surface area (Å²) in [5, 5.41) is 10.1. The number of hydrogen-bond acceptors (Lipinski definition) is 7. The number of rotatable bonds is 5. The van der Waals surface area contributed by atoms with E-state index in [2.05, 4.69) is 25.4 Å². The second-order valence-electron chi connectivity index (χ2n) is 6.54. The molecule has 0 aliphatic heterocycles. The van der Waals surface area contributed by atoms with E-state index < -0.39 is 0 Å². The molecule has 3 N–H and O–H groups in total. The predicted molar refractivity (Wildman–Crippen MR) is 114 cm³/mol. The van der Waals surface area contributed by atoms with Gasteiger partial charge in [-0.1, -0.05) is 23.7 Å². The highest BCUT2D eigenvalue weighted by Gasteiger charge is 2.15. The molecular formula is C19H18ClN7OS. The minimum Gasteiger partial charge on any atom is -0.366 e. The quantitative estimate of drug-likeness (QED) is 0.502. The number of nitrogen functional groups attached to an aromatic ring is 1. The van der Waals surface area contributed by atoms with Gasteiger partial charge in [0, 0.05) is 33.8 Å². The highest BCUT2D eigenvalue weighted by atomic mass is 35.5. The maximum atomic E-state index is 12.4. The van der Waals surface area contributed by atoms with Gasteiger partial charge < -0.3 is 11.1 Å². The molecule has 0 atom stereocenters. The Bertz CT molecular complexity index is 1200. The molecule has 8 nitrogen and oxygen atoms in total. The van der Waals surface area contributed by atoms with E-state index in [1.54, 1.807) is 4.52 Å². The summed E-state index contributed by atoms with van der Waals surface area (Å²) in [4.78, 5) is 25.4. The molecule has 3 aromatic heterocycles. The number of aromatic nitrogens is 5. The molecule has 3 heterocycles. The zero-order valence-electron chi connectivity index (χ0n) is 15.8. The maximum Gasteiger partial charge on any atom is 0.254 e. The van der Waals surface area contributed by atoms with Crippen LogP contribution >= 0.6 is 22.9 Å². The van der Waals surface area contributed by atoms with Crippen molar-refractivity contribution in [2.75, 3.05) is 11.1 Å². The molecule has 0 fully saturated rings. The van der Waals surface area contributed by atoms with Crippen LogP contribution in [0.15, 0.2) is 29.6 Å². The summed E-state index contributed by atoms with van der Waals surface area (Å²) in [5.74, 6) is 0.525. The smallest absolute Gasteiger partial charge is 0.254 e. The molecule has 0 aliphatic carbocycles. The lowest BCUT2D eigenvalue weighted by atomic mass is 10.1. The molecule has 0 aliphatic rings. The van der Waals surface area contributed by atoms with Crippen molar-refractivity contribution >= 4 is 45.7 Å². The summed E-state index contributed by atoms with van der Waals surface area (Å²) in [7, 11) is 0. The Labute approximate surface area is 175 Å². The number of carbonyl (C=O) groups excluding carboxylic acids is 1. The number of benzene rings is 1. The van der Waals surface area contributed by atoms with Crippen molar-refractivity contribution in [3.05, 3.63) is 51.6 Å². The summed E-state index contributed by atoms with van der Waals surface area (Å²) in [6.07, 6.45) is 0.830. The van der Waals surface area contributed by atoms with Crippen LogP contribution in [0.5, 0.6) is 0 Å². The first-order valence-electron chi connectivity index (χ1n) is 8.90. The number of nitrogens with one attached hydrogen (secondary N) is 1. The first-order valence-corrected chi connectivity index (χ1v) is 10.2. The summed E-state index contributed by atoms with van der Waals surface area (Å²) in [5.41, 5.74) is 10.1. The van der Waals surface area contributed by atoms with E-state index in [1.807, 2.05) is 43.5 Å². The van der Waals surface area contributed by atoms with E-state index in [0.29, 0.717) is 28.8 Å². The molecule has 0 bridgehead atoms. The Hall–Kier alpha value is -3.04. The third kappa shape index (κ3) is 4.06. The van der Waals surface area contributed by atoms with Crippen LogP contribution in [0.4, 0.5) is 11.1 Å². The summed E-state index contributed by atoms with van der Waals surface area (Å²) < 4.78 is 1.61. The van der Waals surface area contributed by atoms with Gasteiger partial charge in [-0.25, -0.2) is 9.97 Å². The highest BCUT2D eigenvalue weighted by molar-refractivity contribution is 7.14. The zero-order chi connectivity index (χ0) is 20.5. The number of anilines is 2. The first-order chi connectivity index (χ1) is 13.9. The van der Waals surface area contributed by atoms with Gasteiger partial charge in [0.15, 0.2) is 5.13 Å². The van der Waals surface area contributed by atoms with Crippen LogP contribution in [-0.2, 0) is 11.2 Å². The number of nitrogens with zero attached hydrogens (tertiary/aromatic N) is 5. The van der Waals surface area contributed by atoms with Crippen molar-refractivity contribution in [2.24, 2.45) is 0 Å². The van der Waals surface area contributed by atoms with E-state index in [0.717, 1.165) is 28.2 Å². The van der Waals surface area contributed by atoms with Crippen molar-refractivity contribution in [3.8, 4) is 11.3 Å². The van der Waals surface area contributed by atoms with Gasteiger partial charge in [0.1, 0.15) is 0 Å². The topological polar surface area (TPSA) is 111 Å². The zero-order valence-corrected chi connectivity index (χ0v) is 17.4. The van der Waals surface area contributed by atoms with Crippen molar-refractivity contribution in [3.63, 3.8) is 0 Å². The average Bonchev–Trinajstić information content (AvgIpc) is 3.28. The second kappa shape index (κ2) is 7.76. The first kappa shape index (κ1) is 19.3. The number of thiazole rings is 1. The van der Waals surface area contributed by atoms with Gasteiger partial charge in [-0.2, -0.15) is 9.50 Å². The molecule has 0 spiro atoms. The molecule has 29 heavy (non-hydrogen) atoms. The van der Waals surface area contributed by atoms with Crippen LogP contribution in [0, 0.1) is 13.8 Å². The van der Waals surface area contributed by atoms with Crippen LogP contribution < -0.4 is 11.1 Å². The van der Waals surface area contributed by atoms with Crippen molar-refractivity contribution in [1.82, 2.24) is 24.6 Å². The fraction of sp³-hybridized carbons (Fsp3) is 0.211. The molecule has 0 unspecified atom stereocenters. The SMILES string of the molecule is Cc1nc2nc(N)nn2c(C)c1CCC(=O)Nc1nc(-c2ccc(Cl)cc2)cs1. The Morgan fingerprint density at radius 2 is 1.97 bits per heavy atom. The molecule has 4 rings (SSSR count). The van der Waals surface area contributed by atoms with E-state index in [4.69, 9.17) is 17.3 Å². The number of aryl methyl sites for hydroxylation is 2. The van der Waals surface area contributed by atoms with Gasteiger partial charge in [0.2, 0.25) is 11.9 Å². The fourth-order valence-corrected chi connectivity index (χ4v) is 3.95. The van der Waals surface area contributed by atoms with Gasteiger partial charge in [-0.05, 0) is 38.0 Å². The van der Waals surface area contributed by atoms with Gasteiger partial charge >= 0.3 is 0 Å². The van der Waals surface area contributed by atoms with Crippen molar-refractivity contribution < 1.29 is 4.79 Å². The largest absolute Gasteiger partial charge is 0.366 e. The molecule has 0 saturated carbocycles. The molecule has 10 heteroatoms. The number of fused-ring (bicyclic) bond motifs is 1. The summed E-state index contributed by atoms with van der Waals surface area (Å²) >= 11 is 7.30. The molecule has 0 saturated heterocycles. The maximum absolute atomic E-state index is 12.4. The average molecular weight is 428 g/mol. The highest BCUT2D eigenvalue weighted by Crippen LogP contribution is 2.26. The number of nitrogens with two attached hydrogens (primary N) is 1. The van der Waals surface area contributed by atoms with Crippen molar-refractivity contribution in [1.29, 1.82) is 0 Å². The fourth-order valence-electron chi connectivity index (χ4n) is 3.09. The van der Waals surface area contributed by atoms with Crippen LogP contribution in [-0.4, -0.2) is 30.5 Å². The van der Waals surface area contributed by atoms with Crippen LogP contribution in [0.25, 0.3) is 17.0 Å². The van der Waals surface area contributed by atoms with E-state index in [1.165, 1.54) is 11.3 Å². The molecule has 1 amide bonds. The van der Waals surface area contributed by atoms with Gasteiger partial charge in [0.05, 0.1) is 5.69 Å². The number of halogens is 1. The molecular weight excluding hydrogens is 410 g/mol. The third-order valence-corrected chi connectivity index (χ3v) is 5.57. The lowest BCUT2D eigenvalue weighted by molar-refractivity contribution is -0.116. The number of hydrogen-bond donors (Lipinski definition) is 2. The number of carbonyl (C=O) groups is 1. The second-order valence-corrected chi connectivity index (χ2v) is 7.83. The Kier molecular flexibility index (Phi) is 5.16. The summed E-state index contributed by atoms with van der Waals surface area (Å²) in [6, 6.07) is 7.42. The predicted octanol–water partition coefficient (Wildman–Crippen LogP) is 3.67. The molecule has 148 valence electrons. The standard InChI is InChI=1S/C19H18ClN7OS/c1-10-14(11(2)27-18(22-10)25-17(21)26-27)7-8-16(28)24-19-23-15(9-29-19)12-3-5-13(20)6-4-12/h3-6,9H,7-8H2,1-2H3,(H2,21,26)(H,23,24,28). The molecule has 1 aromatic carbocycles. The normalized spacial score (nSPS) is 11.1. The van der Waals surface area contributed by atoms with Gasteiger partial charge in [-0.15, -0.1) is 16.4 Å². The monoisotopic (exact) mass is 427 g/mol. The van der Waals surface area contributed by atoms with Crippen molar-refractivity contribution in [2.45, 2.75) is 26.7 Å². The number of amides is 1. The van der Waals surface area contributed by atoms with Crippen LogP contribution in [0.3, 0.4) is 0 Å². The van der Waals surface area contributed by atoms with Gasteiger partial charge in [-0.3, -0.25) is 4.79 Å². The Balaban J connectivity index is 1.43. The lowest BCUT2D eigenvalue weighted by Crippen LogP contribution is -2.14. The van der Waals surface area contributed by atoms with E-state index in [9.17, 15) is 4.79 Å². The van der Waals surface area contributed by atoms with Crippen LogP contribution in [0.2, 0.25) is 5.02 Å². The Morgan fingerprint density at radius 3 is 2.72 bits per heavy atom. The minimum absolute atomic E-state index is 0.112. The third-order valence-electron chi connectivity index (χ3n) is 4.56. The van der Waals surface area contributed by atoms with E-state index in [-0.39, 0.29) is 11.9 Å². The van der Waals surface area contributed by atoms with Crippen LogP contribution in [0.1, 0.15) is 23.4 Å². The minimum atomic E-state index is -0.112.